The smallest absolute Gasteiger partial charge is 0.140 e. The van der Waals surface area contributed by atoms with Crippen LogP contribution in [0.1, 0.15) is 48.9 Å². The van der Waals surface area contributed by atoms with Gasteiger partial charge in [0.05, 0.1) is 0 Å². The number of hydrogen-bond donors (Lipinski definition) is 2. The topological polar surface area (TPSA) is 53.1 Å². The Bertz CT molecular complexity index is 1170. The molecule has 0 bridgehead atoms. The van der Waals surface area contributed by atoms with Crippen molar-refractivity contribution in [1.29, 1.82) is 0 Å². The summed E-state index contributed by atoms with van der Waals surface area (Å²) in [5.74, 6) is 1.63. The molecule has 3 aliphatic rings. The van der Waals surface area contributed by atoms with Crippen molar-refractivity contribution < 1.29 is 0 Å². The molecule has 3 aromatic rings. The Morgan fingerprint density at radius 1 is 1.09 bits per heavy atom. The van der Waals surface area contributed by atoms with Gasteiger partial charge >= 0.3 is 0 Å². The highest BCUT2D eigenvalue weighted by atomic mass is 35.5. The molecular formula is C26H28ClN5. The van der Waals surface area contributed by atoms with E-state index in [1.54, 1.807) is 6.33 Å². The number of piperidine rings is 1. The van der Waals surface area contributed by atoms with Crippen LogP contribution in [-0.2, 0) is 11.8 Å². The Morgan fingerprint density at radius 2 is 1.94 bits per heavy atom. The van der Waals surface area contributed by atoms with Gasteiger partial charge in [-0.05, 0) is 86.7 Å². The van der Waals surface area contributed by atoms with Gasteiger partial charge in [-0.25, -0.2) is 9.97 Å². The lowest BCUT2D eigenvalue weighted by molar-refractivity contribution is 0.329. The number of rotatable bonds is 3. The summed E-state index contributed by atoms with van der Waals surface area (Å²) < 4.78 is 0. The van der Waals surface area contributed by atoms with Crippen molar-refractivity contribution >= 4 is 34.5 Å². The van der Waals surface area contributed by atoms with Crippen LogP contribution in [0.5, 0.6) is 0 Å². The van der Waals surface area contributed by atoms with E-state index in [1.165, 1.54) is 28.9 Å². The van der Waals surface area contributed by atoms with E-state index in [0.29, 0.717) is 5.92 Å². The van der Waals surface area contributed by atoms with Crippen LogP contribution in [0.15, 0.2) is 48.8 Å². The molecule has 0 amide bonds. The molecule has 2 N–H and O–H groups in total. The standard InChI is InChI=1S/C26H28ClN5/c1-17-5-7-22-24(17)25(30-16-29-22)32-15-26(9-11-28-12-10-26)21-14-20(6-8-23(21)32)31-19-4-2-3-18(27)13-19/h2-4,6,8,13-14,16-17,28,31H,5,7,9-12,15H2,1H3/t17-/m1/s1. The molecule has 1 spiro atoms. The lowest BCUT2D eigenvalue weighted by atomic mass is 9.74. The third-order valence-corrected chi connectivity index (χ3v) is 7.74. The molecule has 2 aliphatic heterocycles. The molecule has 0 unspecified atom stereocenters. The number of anilines is 4. The van der Waals surface area contributed by atoms with Crippen LogP contribution in [0.4, 0.5) is 22.9 Å². The zero-order valence-electron chi connectivity index (χ0n) is 18.4. The molecule has 1 aliphatic carbocycles. The first kappa shape index (κ1) is 20.0. The van der Waals surface area contributed by atoms with Crippen molar-refractivity contribution in [2.75, 3.05) is 29.9 Å². The molecule has 0 radical (unpaired) electrons. The van der Waals surface area contributed by atoms with Crippen LogP contribution in [0.25, 0.3) is 0 Å². The maximum atomic E-state index is 6.20. The Kier molecular flexibility index (Phi) is 4.85. The Morgan fingerprint density at radius 3 is 2.78 bits per heavy atom. The van der Waals surface area contributed by atoms with Gasteiger partial charge in [-0.3, -0.25) is 0 Å². The third kappa shape index (κ3) is 3.26. The number of benzene rings is 2. The lowest BCUT2D eigenvalue weighted by Crippen LogP contribution is -2.42. The van der Waals surface area contributed by atoms with Gasteiger partial charge < -0.3 is 15.5 Å². The number of nitrogens with one attached hydrogen (secondary N) is 2. The molecule has 1 fully saturated rings. The average molecular weight is 446 g/mol. The summed E-state index contributed by atoms with van der Waals surface area (Å²) in [7, 11) is 0. The van der Waals surface area contributed by atoms with Crippen molar-refractivity contribution in [2.45, 2.75) is 43.9 Å². The first-order valence-electron chi connectivity index (χ1n) is 11.6. The van der Waals surface area contributed by atoms with Crippen LogP contribution in [0, 0.1) is 0 Å². The highest BCUT2D eigenvalue weighted by molar-refractivity contribution is 6.30. The number of aryl methyl sites for hydroxylation is 1. The summed E-state index contributed by atoms with van der Waals surface area (Å²) in [6, 6.07) is 14.7. The molecule has 3 heterocycles. The van der Waals surface area contributed by atoms with Crippen molar-refractivity contribution in [1.82, 2.24) is 15.3 Å². The number of hydrogen-bond acceptors (Lipinski definition) is 5. The maximum Gasteiger partial charge on any atom is 0.140 e. The van der Waals surface area contributed by atoms with Crippen LogP contribution >= 0.6 is 11.6 Å². The number of nitrogens with zero attached hydrogens (tertiary/aromatic N) is 3. The number of fused-ring (bicyclic) bond motifs is 3. The maximum absolute atomic E-state index is 6.20. The van der Waals surface area contributed by atoms with E-state index in [0.717, 1.165) is 61.1 Å². The minimum absolute atomic E-state index is 0.145. The quantitative estimate of drug-likeness (QED) is 0.541. The molecule has 5 nitrogen and oxygen atoms in total. The van der Waals surface area contributed by atoms with Gasteiger partial charge in [-0.15, -0.1) is 0 Å². The molecule has 1 aromatic heterocycles. The van der Waals surface area contributed by atoms with Crippen molar-refractivity contribution in [3.8, 4) is 0 Å². The van der Waals surface area contributed by atoms with E-state index in [9.17, 15) is 0 Å². The van der Waals surface area contributed by atoms with Gasteiger partial charge in [0.2, 0.25) is 0 Å². The first-order valence-corrected chi connectivity index (χ1v) is 12.0. The van der Waals surface area contributed by atoms with Crippen LogP contribution < -0.4 is 15.5 Å². The Hall–Kier alpha value is -2.63. The summed E-state index contributed by atoms with van der Waals surface area (Å²) in [5.41, 5.74) is 7.57. The fourth-order valence-corrected chi connectivity index (χ4v) is 6.03. The third-order valence-electron chi connectivity index (χ3n) is 7.50. The highest BCUT2D eigenvalue weighted by Gasteiger charge is 2.45. The number of aromatic nitrogens is 2. The van der Waals surface area contributed by atoms with Crippen LogP contribution in [-0.4, -0.2) is 29.6 Å². The van der Waals surface area contributed by atoms with E-state index in [1.807, 2.05) is 18.2 Å². The molecule has 6 heteroatoms. The zero-order valence-corrected chi connectivity index (χ0v) is 19.1. The monoisotopic (exact) mass is 445 g/mol. The molecule has 2 aromatic carbocycles. The van der Waals surface area contributed by atoms with E-state index in [-0.39, 0.29) is 5.41 Å². The van der Waals surface area contributed by atoms with Gasteiger partial charge in [0.25, 0.3) is 0 Å². The molecule has 32 heavy (non-hydrogen) atoms. The second-order valence-corrected chi connectivity index (χ2v) is 9.92. The van der Waals surface area contributed by atoms with Crippen LogP contribution in [0.2, 0.25) is 5.02 Å². The molecule has 1 atom stereocenters. The predicted molar refractivity (Wildman–Crippen MR) is 131 cm³/mol. The summed E-state index contributed by atoms with van der Waals surface area (Å²) in [6.07, 6.45) is 6.26. The Balaban J connectivity index is 1.43. The minimum Gasteiger partial charge on any atom is -0.355 e. The van der Waals surface area contributed by atoms with E-state index in [4.69, 9.17) is 16.6 Å². The summed E-state index contributed by atoms with van der Waals surface area (Å²) in [4.78, 5) is 11.9. The lowest BCUT2D eigenvalue weighted by Gasteiger charge is -2.35. The van der Waals surface area contributed by atoms with Gasteiger partial charge in [-0.2, -0.15) is 0 Å². The molecule has 0 saturated carbocycles. The second-order valence-electron chi connectivity index (χ2n) is 9.48. The molecule has 164 valence electrons. The van der Waals surface area contributed by atoms with Crippen molar-refractivity contribution in [3.63, 3.8) is 0 Å². The fraction of sp³-hybridized carbons (Fsp3) is 0.385. The van der Waals surface area contributed by atoms with Gasteiger partial charge in [0, 0.05) is 45.3 Å². The van der Waals surface area contributed by atoms with Crippen molar-refractivity contribution in [2.24, 2.45) is 0 Å². The zero-order chi connectivity index (χ0) is 21.7. The van der Waals surface area contributed by atoms with Gasteiger partial charge in [-0.1, -0.05) is 24.6 Å². The van der Waals surface area contributed by atoms with E-state index < -0.39 is 0 Å². The summed E-state index contributed by atoms with van der Waals surface area (Å²) >= 11 is 6.20. The normalized spacial score (nSPS) is 20.9. The second kappa shape index (κ2) is 7.75. The minimum atomic E-state index is 0.145. The summed E-state index contributed by atoms with van der Waals surface area (Å²) in [5, 5.41) is 7.85. The fourth-order valence-electron chi connectivity index (χ4n) is 5.84. The first-order chi connectivity index (χ1) is 15.6. The molecule has 6 rings (SSSR count). The van der Waals surface area contributed by atoms with Crippen molar-refractivity contribution in [3.05, 3.63) is 70.6 Å². The largest absolute Gasteiger partial charge is 0.355 e. The molecule has 1 saturated heterocycles. The van der Waals surface area contributed by atoms with Gasteiger partial charge in [0.15, 0.2) is 0 Å². The predicted octanol–water partition coefficient (Wildman–Crippen LogP) is 5.70. The van der Waals surface area contributed by atoms with E-state index >= 15 is 0 Å². The number of halogens is 1. The van der Waals surface area contributed by atoms with Crippen LogP contribution in [0.3, 0.4) is 0 Å². The highest BCUT2D eigenvalue weighted by Crippen LogP contribution is 2.51. The van der Waals surface area contributed by atoms with E-state index in [2.05, 4.69) is 51.7 Å². The summed E-state index contributed by atoms with van der Waals surface area (Å²) in [6.45, 7) is 5.41. The Labute approximate surface area is 194 Å². The van der Waals surface area contributed by atoms with Gasteiger partial charge in [0.1, 0.15) is 12.1 Å². The average Bonchev–Trinajstić information content (AvgIpc) is 3.33. The SMILES string of the molecule is C[C@@H]1CCc2ncnc(N3CC4(CCNCC4)c4cc(Nc5cccc(Cl)c5)ccc43)c21. The molecular weight excluding hydrogens is 418 g/mol.